The summed E-state index contributed by atoms with van der Waals surface area (Å²) in [5.41, 5.74) is 1.52. The molecule has 10 nitrogen and oxygen atoms in total. The second-order valence-electron chi connectivity index (χ2n) is 7.78. The molecule has 11 heteroatoms. The third-order valence-corrected chi connectivity index (χ3v) is 6.72. The summed E-state index contributed by atoms with van der Waals surface area (Å²) in [6.07, 6.45) is 7.05. The molecule has 2 saturated heterocycles. The summed E-state index contributed by atoms with van der Waals surface area (Å²) in [6, 6.07) is 0. The smallest absolute Gasteiger partial charge is 0.407 e. The topological polar surface area (TPSA) is 116 Å². The Bertz CT molecular complexity index is 907. The molecular weight excluding hydrogens is 398 g/mol. The second kappa shape index (κ2) is 7.79. The minimum Gasteiger partial charge on any atom is -0.465 e. The Morgan fingerprint density at radius 3 is 2.69 bits per heavy atom. The Hall–Kier alpha value is -2.40. The largest absolute Gasteiger partial charge is 0.465 e. The van der Waals surface area contributed by atoms with Crippen LogP contribution in [0.25, 0.3) is 6.08 Å². The third-order valence-electron chi connectivity index (χ3n) is 5.62. The Balaban J connectivity index is 1.25. The molecule has 0 aromatic carbocycles. The van der Waals surface area contributed by atoms with Crippen LogP contribution in [0.15, 0.2) is 12.4 Å². The number of aromatic nitrogens is 2. The number of rotatable bonds is 5. The van der Waals surface area contributed by atoms with Gasteiger partial charge in [-0.25, -0.2) is 23.2 Å². The van der Waals surface area contributed by atoms with Crippen LogP contribution in [0.5, 0.6) is 0 Å². The number of carboxylic acid groups (broad SMARTS) is 1. The average Bonchev–Trinajstić information content (AvgIpc) is 2.66. The Kier molecular flexibility index (Phi) is 5.34. The summed E-state index contributed by atoms with van der Waals surface area (Å²) >= 11 is 0. The van der Waals surface area contributed by atoms with Gasteiger partial charge in [-0.2, -0.15) is 0 Å². The lowest BCUT2D eigenvalue weighted by Gasteiger charge is -2.40. The maximum absolute atomic E-state index is 11.7. The quantitative estimate of drug-likeness (QED) is 0.740. The third kappa shape index (κ3) is 4.45. The molecule has 0 bridgehead atoms. The van der Waals surface area contributed by atoms with Crippen molar-refractivity contribution in [3.63, 3.8) is 0 Å². The summed E-state index contributed by atoms with van der Waals surface area (Å²) in [6.45, 7) is 3.48. The zero-order valence-electron chi connectivity index (χ0n) is 16.3. The molecule has 3 aliphatic heterocycles. The summed E-state index contributed by atoms with van der Waals surface area (Å²) in [5.74, 6) is 1.03. The number of piperidine rings is 1. The van der Waals surface area contributed by atoms with Crippen LogP contribution in [-0.4, -0.2) is 83.9 Å². The molecule has 29 heavy (non-hydrogen) atoms. The van der Waals surface area contributed by atoms with E-state index in [4.69, 9.17) is 9.84 Å². The van der Waals surface area contributed by atoms with Crippen LogP contribution in [0.3, 0.4) is 0 Å². The van der Waals surface area contributed by atoms with E-state index in [9.17, 15) is 13.2 Å². The molecule has 0 saturated carbocycles. The number of nitrogens with zero attached hydrogens (tertiary/aromatic N) is 5. The number of amides is 1. The molecule has 0 atom stereocenters. The van der Waals surface area contributed by atoms with Gasteiger partial charge < -0.3 is 19.6 Å². The lowest BCUT2D eigenvalue weighted by atomic mass is 9.98. The van der Waals surface area contributed by atoms with Gasteiger partial charge in [-0.05, 0) is 24.8 Å². The van der Waals surface area contributed by atoms with Crippen LogP contribution >= 0.6 is 0 Å². The van der Waals surface area contributed by atoms with Gasteiger partial charge in [0.25, 0.3) is 0 Å². The van der Waals surface area contributed by atoms with Crippen LogP contribution in [0.1, 0.15) is 24.1 Å². The van der Waals surface area contributed by atoms with Crippen molar-refractivity contribution in [2.75, 3.05) is 43.9 Å². The van der Waals surface area contributed by atoms with E-state index in [-0.39, 0.29) is 12.6 Å². The molecule has 3 aliphatic rings. The lowest BCUT2D eigenvalue weighted by Crippen LogP contribution is -2.53. The highest BCUT2D eigenvalue weighted by molar-refractivity contribution is 7.88. The average molecular weight is 423 g/mol. The first-order chi connectivity index (χ1) is 13.8. The van der Waals surface area contributed by atoms with E-state index in [1.165, 1.54) is 21.7 Å². The van der Waals surface area contributed by atoms with E-state index in [1.807, 2.05) is 4.90 Å². The first kappa shape index (κ1) is 19.9. The minimum atomic E-state index is -3.29. The number of carbonyl (C=O) groups is 1. The molecule has 1 aromatic rings. The fraction of sp³-hybridized carbons (Fsp3) is 0.611. The minimum absolute atomic E-state index is 0.128. The van der Waals surface area contributed by atoms with Crippen LogP contribution in [0, 0.1) is 5.92 Å². The summed E-state index contributed by atoms with van der Waals surface area (Å²) < 4.78 is 30.6. The van der Waals surface area contributed by atoms with Crippen molar-refractivity contribution in [1.82, 2.24) is 19.2 Å². The van der Waals surface area contributed by atoms with Gasteiger partial charge in [0, 0.05) is 44.1 Å². The van der Waals surface area contributed by atoms with Crippen LogP contribution in [-0.2, 0) is 21.3 Å². The monoisotopic (exact) mass is 423 g/mol. The lowest BCUT2D eigenvalue weighted by molar-refractivity contribution is -0.000464. The SMILES string of the molecule is CS(=O)(=O)N1C=Cc2nc(N3CC(OCC4CCN(C(=O)O)CC4)C3)ncc2C1. The predicted octanol–water partition coefficient (Wildman–Crippen LogP) is 0.818. The fourth-order valence-electron chi connectivity index (χ4n) is 3.70. The van der Waals surface area contributed by atoms with Gasteiger partial charge in [0.2, 0.25) is 16.0 Å². The van der Waals surface area contributed by atoms with Crippen molar-refractivity contribution < 1.29 is 23.1 Å². The number of likely N-dealkylation sites (tertiary alicyclic amines) is 1. The van der Waals surface area contributed by atoms with Crippen molar-refractivity contribution in [3.8, 4) is 0 Å². The number of fused-ring (bicyclic) bond motifs is 1. The molecule has 1 aromatic heterocycles. The Labute approximate surface area is 169 Å². The molecule has 1 N–H and O–H groups in total. The van der Waals surface area contributed by atoms with Gasteiger partial charge >= 0.3 is 6.09 Å². The predicted molar refractivity (Wildman–Crippen MR) is 106 cm³/mol. The van der Waals surface area contributed by atoms with Crippen molar-refractivity contribution in [1.29, 1.82) is 0 Å². The van der Waals surface area contributed by atoms with Crippen LogP contribution in [0.2, 0.25) is 0 Å². The van der Waals surface area contributed by atoms with Crippen molar-refractivity contribution in [2.45, 2.75) is 25.5 Å². The summed E-state index contributed by atoms with van der Waals surface area (Å²) in [4.78, 5) is 23.4. The summed E-state index contributed by atoms with van der Waals surface area (Å²) in [7, 11) is -3.29. The Morgan fingerprint density at radius 1 is 1.31 bits per heavy atom. The molecular formula is C18H25N5O5S. The molecule has 1 amide bonds. The zero-order chi connectivity index (χ0) is 20.6. The van der Waals surface area contributed by atoms with Gasteiger partial charge in [0.15, 0.2) is 0 Å². The number of anilines is 1. The summed E-state index contributed by atoms with van der Waals surface area (Å²) in [5, 5.41) is 8.99. The second-order valence-corrected chi connectivity index (χ2v) is 9.71. The molecule has 4 rings (SSSR count). The number of hydrogen-bond donors (Lipinski definition) is 1. The maximum atomic E-state index is 11.7. The molecule has 0 spiro atoms. The van der Waals surface area contributed by atoms with Gasteiger partial charge in [-0.3, -0.25) is 4.31 Å². The zero-order valence-corrected chi connectivity index (χ0v) is 17.1. The fourth-order valence-corrected chi connectivity index (χ4v) is 4.36. The van der Waals surface area contributed by atoms with E-state index in [1.54, 1.807) is 12.3 Å². The number of sulfonamides is 1. The highest BCUT2D eigenvalue weighted by Gasteiger charge is 2.32. The Morgan fingerprint density at radius 2 is 2.03 bits per heavy atom. The van der Waals surface area contributed by atoms with E-state index in [0.717, 1.165) is 24.1 Å². The maximum Gasteiger partial charge on any atom is 0.407 e. The van der Waals surface area contributed by atoms with Crippen LogP contribution < -0.4 is 4.90 Å². The highest BCUT2D eigenvalue weighted by atomic mass is 32.2. The highest BCUT2D eigenvalue weighted by Crippen LogP contribution is 2.25. The van der Waals surface area contributed by atoms with Gasteiger partial charge in [0.1, 0.15) is 0 Å². The molecule has 158 valence electrons. The van der Waals surface area contributed by atoms with Gasteiger partial charge in [-0.1, -0.05) is 0 Å². The molecule has 2 fully saturated rings. The van der Waals surface area contributed by atoms with E-state index >= 15 is 0 Å². The normalized spacial score (nSPS) is 20.5. The van der Waals surface area contributed by atoms with Crippen molar-refractivity contribution in [3.05, 3.63) is 23.7 Å². The van der Waals surface area contributed by atoms with Crippen molar-refractivity contribution >= 4 is 28.1 Å². The van der Waals surface area contributed by atoms with E-state index < -0.39 is 16.1 Å². The van der Waals surface area contributed by atoms with E-state index in [0.29, 0.717) is 44.7 Å². The number of hydrogen-bond acceptors (Lipinski definition) is 7. The molecule has 0 unspecified atom stereocenters. The molecule has 0 aliphatic carbocycles. The molecule has 4 heterocycles. The number of ether oxygens (including phenoxy) is 1. The van der Waals surface area contributed by atoms with E-state index in [2.05, 4.69) is 9.97 Å². The first-order valence-corrected chi connectivity index (χ1v) is 11.5. The molecule has 0 radical (unpaired) electrons. The van der Waals surface area contributed by atoms with Gasteiger partial charge in [0.05, 0.1) is 31.2 Å². The van der Waals surface area contributed by atoms with Crippen molar-refractivity contribution in [2.24, 2.45) is 5.92 Å². The standard InChI is InChI=1S/C18H25N5O5S/c1-29(26,27)23-7-4-16-14(9-23)8-19-17(20-16)22-10-15(11-22)28-12-13-2-5-21(6-3-13)18(24)25/h4,7-8,13,15H,2-3,5-6,9-12H2,1H3,(H,24,25). The first-order valence-electron chi connectivity index (χ1n) is 9.65. The van der Waals surface area contributed by atoms with Gasteiger partial charge in [-0.15, -0.1) is 0 Å². The van der Waals surface area contributed by atoms with Crippen LogP contribution in [0.4, 0.5) is 10.7 Å².